The van der Waals surface area contributed by atoms with Crippen molar-refractivity contribution in [1.29, 1.82) is 0 Å². The second-order valence-corrected chi connectivity index (χ2v) is 13.1. The molecule has 3 aliphatic rings. The lowest BCUT2D eigenvalue weighted by atomic mass is 9.85. The number of hydrogen-bond donors (Lipinski definition) is 2. The Balaban J connectivity index is 1.14. The number of nitrogens with zero attached hydrogens (tertiary/aromatic N) is 3. The van der Waals surface area contributed by atoms with E-state index in [0.717, 1.165) is 77.6 Å². The number of anilines is 1. The van der Waals surface area contributed by atoms with Gasteiger partial charge in [0.25, 0.3) is 5.91 Å². The van der Waals surface area contributed by atoms with Crippen molar-refractivity contribution in [2.45, 2.75) is 46.1 Å². The smallest absolute Gasteiger partial charge is 0.307 e. The fourth-order valence-corrected chi connectivity index (χ4v) is 7.78. The van der Waals surface area contributed by atoms with Crippen LogP contribution in [-0.2, 0) is 11.4 Å². The summed E-state index contributed by atoms with van der Waals surface area (Å²) in [5.41, 5.74) is 5.64. The van der Waals surface area contributed by atoms with Gasteiger partial charge in [-0.05, 0) is 92.7 Å². The molecule has 1 aliphatic carbocycles. The van der Waals surface area contributed by atoms with E-state index in [1.165, 1.54) is 0 Å². The van der Waals surface area contributed by atoms with Crippen LogP contribution >= 0.6 is 11.3 Å². The van der Waals surface area contributed by atoms with Crippen molar-refractivity contribution in [1.82, 2.24) is 9.88 Å². The number of rotatable bonds is 8. The zero-order valence-corrected chi connectivity index (χ0v) is 25.1. The third kappa shape index (κ3) is 5.77. The molecule has 0 radical (unpaired) electrons. The second kappa shape index (κ2) is 12.1. The Morgan fingerprint density at radius 2 is 1.76 bits per heavy atom. The van der Waals surface area contributed by atoms with Crippen LogP contribution in [-0.4, -0.2) is 64.8 Å². The molecular formula is C33H39N3O5S. The van der Waals surface area contributed by atoms with Crippen LogP contribution in [0.15, 0.2) is 41.8 Å². The molecule has 2 N–H and O–H groups in total. The summed E-state index contributed by atoms with van der Waals surface area (Å²) in [6.07, 6.45) is 3.64. The molecule has 2 aromatic carbocycles. The monoisotopic (exact) mass is 589 g/mol. The number of carboxylic acid groups (broad SMARTS) is 1. The van der Waals surface area contributed by atoms with Crippen LogP contribution in [0.1, 0.15) is 52.7 Å². The van der Waals surface area contributed by atoms with Gasteiger partial charge in [-0.25, -0.2) is 4.98 Å². The molecule has 9 heteroatoms. The fraction of sp³-hybridized carbons (Fsp3) is 0.485. The number of carbonyl (C=O) groups is 2. The number of aliphatic carboxylic acids is 1. The van der Waals surface area contributed by atoms with Gasteiger partial charge < -0.3 is 24.7 Å². The molecule has 2 aliphatic heterocycles. The molecule has 2 atom stereocenters. The number of thiazole rings is 1. The van der Waals surface area contributed by atoms with Crippen molar-refractivity contribution < 1.29 is 24.5 Å². The molecule has 42 heavy (non-hydrogen) atoms. The summed E-state index contributed by atoms with van der Waals surface area (Å²) >= 11 is 1.60. The average molecular weight is 590 g/mol. The maximum Gasteiger partial charge on any atom is 0.307 e. The summed E-state index contributed by atoms with van der Waals surface area (Å²) in [5, 5.41) is 22.1. The SMILES string of the molecule is Cc1ccc(OCc2ccc(C(=O)N3CCC(CO)CC3)cc2C)c(-c2csc(N3C[C@@H]4CC[C@@H](C3)C4C(=O)O)n2)c1. The third-order valence-electron chi connectivity index (χ3n) is 9.43. The van der Waals surface area contributed by atoms with Gasteiger partial charge in [-0.15, -0.1) is 11.3 Å². The molecule has 1 aromatic heterocycles. The molecular weight excluding hydrogens is 550 g/mol. The number of carboxylic acids is 1. The number of aromatic nitrogens is 1. The summed E-state index contributed by atoms with van der Waals surface area (Å²) < 4.78 is 6.36. The number of hydrogen-bond acceptors (Lipinski definition) is 7. The van der Waals surface area contributed by atoms with E-state index >= 15 is 0 Å². The summed E-state index contributed by atoms with van der Waals surface area (Å²) in [7, 11) is 0. The molecule has 8 nitrogen and oxygen atoms in total. The second-order valence-electron chi connectivity index (χ2n) is 12.2. The molecule has 222 valence electrons. The van der Waals surface area contributed by atoms with E-state index in [1.807, 2.05) is 42.2 Å². The Kier molecular flexibility index (Phi) is 8.23. The summed E-state index contributed by atoms with van der Waals surface area (Å²) in [6, 6.07) is 11.9. The first-order chi connectivity index (χ1) is 20.3. The number of carbonyl (C=O) groups excluding carboxylic acids is 1. The van der Waals surface area contributed by atoms with Crippen molar-refractivity contribution in [2.24, 2.45) is 23.7 Å². The lowest BCUT2D eigenvalue weighted by Gasteiger charge is -2.35. The van der Waals surface area contributed by atoms with Crippen molar-refractivity contribution in [3.63, 3.8) is 0 Å². The van der Waals surface area contributed by atoms with E-state index < -0.39 is 5.97 Å². The van der Waals surface area contributed by atoms with E-state index in [0.29, 0.717) is 31.2 Å². The van der Waals surface area contributed by atoms with Gasteiger partial charge >= 0.3 is 5.97 Å². The molecule has 1 amide bonds. The number of aliphatic hydroxyl groups is 1. The van der Waals surface area contributed by atoms with Gasteiger partial charge in [0.2, 0.25) is 0 Å². The standard InChI is InChI=1S/C33H39N3O5S/c1-20-3-8-29(41-18-26-7-4-23(14-21(26)2)31(38)35-11-9-22(17-37)10-12-35)27(13-20)28-19-42-33(34-28)36-15-24-5-6-25(16-36)30(24)32(39)40/h3-4,7-8,13-14,19,22,24-25,30,37H,5-6,9-12,15-18H2,1-2H3,(H,39,40)/t24-,25-/m0/s1. The van der Waals surface area contributed by atoms with Crippen LogP contribution < -0.4 is 9.64 Å². The minimum atomic E-state index is -0.654. The quantitative estimate of drug-likeness (QED) is 0.363. The van der Waals surface area contributed by atoms with Crippen LogP contribution in [0.3, 0.4) is 0 Å². The highest BCUT2D eigenvalue weighted by atomic mass is 32.1. The fourth-order valence-electron chi connectivity index (χ4n) is 6.93. The van der Waals surface area contributed by atoms with Crippen molar-refractivity contribution in [3.8, 4) is 17.0 Å². The predicted octanol–water partition coefficient (Wildman–Crippen LogP) is 5.40. The maximum atomic E-state index is 13.1. The number of amides is 1. The molecule has 2 bridgehead atoms. The minimum absolute atomic E-state index is 0.0438. The Hall–Kier alpha value is -3.43. The molecule has 3 heterocycles. The number of fused-ring (bicyclic) bond motifs is 2. The predicted molar refractivity (Wildman–Crippen MR) is 163 cm³/mol. The lowest BCUT2D eigenvalue weighted by molar-refractivity contribution is -0.144. The van der Waals surface area contributed by atoms with E-state index in [4.69, 9.17) is 9.72 Å². The third-order valence-corrected chi connectivity index (χ3v) is 10.3. The number of benzene rings is 2. The Bertz CT molecular complexity index is 1450. The van der Waals surface area contributed by atoms with Gasteiger partial charge in [-0.3, -0.25) is 9.59 Å². The van der Waals surface area contributed by atoms with Gasteiger partial charge in [0.1, 0.15) is 12.4 Å². The first-order valence-corrected chi connectivity index (χ1v) is 15.9. The maximum absolute atomic E-state index is 13.1. The highest BCUT2D eigenvalue weighted by molar-refractivity contribution is 7.14. The van der Waals surface area contributed by atoms with Gasteiger partial charge in [0, 0.05) is 49.3 Å². The van der Waals surface area contributed by atoms with Crippen LogP contribution in [0.4, 0.5) is 5.13 Å². The number of ether oxygens (including phenoxy) is 1. The van der Waals surface area contributed by atoms with Crippen LogP contribution in [0.25, 0.3) is 11.3 Å². The summed E-state index contributed by atoms with van der Waals surface area (Å²) in [6.45, 7) is 7.50. The molecule has 3 aromatic rings. The zero-order valence-electron chi connectivity index (χ0n) is 24.3. The number of aliphatic hydroxyl groups excluding tert-OH is 1. The molecule has 0 spiro atoms. The highest BCUT2D eigenvalue weighted by Gasteiger charge is 2.46. The first kappa shape index (κ1) is 28.7. The lowest BCUT2D eigenvalue weighted by Crippen LogP contribution is -2.44. The van der Waals surface area contributed by atoms with Crippen molar-refractivity contribution >= 4 is 28.3 Å². The Labute approximate surface area is 251 Å². The number of likely N-dealkylation sites (tertiary alicyclic amines) is 1. The normalized spacial score (nSPS) is 22.4. The molecule has 6 rings (SSSR count). The van der Waals surface area contributed by atoms with Crippen LogP contribution in [0.2, 0.25) is 0 Å². The van der Waals surface area contributed by atoms with Crippen LogP contribution in [0.5, 0.6) is 5.75 Å². The number of aryl methyl sites for hydroxylation is 2. The minimum Gasteiger partial charge on any atom is -0.488 e. The van der Waals surface area contributed by atoms with Gasteiger partial charge in [0.05, 0.1) is 11.6 Å². The Morgan fingerprint density at radius 1 is 1.02 bits per heavy atom. The molecule has 2 saturated heterocycles. The van der Waals surface area contributed by atoms with Crippen molar-refractivity contribution in [3.05, 3.63) is 64.0 Å². The Morgan fingerprint density at radius 3 is 2.43 bits per heavy atom. The topological polar surface area (TPSA) is 103 Å². The van der Waals surface area contributed by atoms with E-state index in [9.17, 15) is 19.8 Å². The number of piperidine rings is 2. The van der Waals surface area contributed by atoms with Crippen LogP contribution in [0, 0.1) is 37.5 Å². The first-order valence-electron chi connectivity index (χ1n) is 15.0. The highest BCUT2D eigenvalue weighted by Crippen LogP contribution is 2.44. The van der Waals surface area contributed by atoms with Gasteiger partial charge in [-0.2, -0.15) is 0 Å². The zero-order chi connectivity index (χ0) is 29.4. The van der Waals surface area contributed by atoms with E-state index in [1.54, 1.807) is 11.3 Å². The van der Waals surface area contributed by atoms with Gasteiger partial charge in [0.15, 0.2) is 5.13 Å². The van der Waals surface area contributed by atoms with Gasteiger partial charge in [-0.1, -0.05) is 17.7 Å². The molecule has 0 unspecified atom stereocenters. The summed E-state index contributed by atoms with van der Waals surface area (Å²) in [5.74, 6) is 0.598. The van der Waals surface area contributed by atoms with E-state index in [2.05, 4.69) is 23.3 Å². The molecule has 3 fully saturated rings. The average Bonchev–Trinajstić information content (AvgIpc) is 3.59. The van der Waals surface area contributed by atoms with E-state index in [-0.39, 0.29) is 30.3 Å². The molecule has 1 saturated carbocycles. The largest absolute Gasteiger partial charge is 0.488 e. The summed E-state index contributed by atoms with van der Waals surface area (Å²) in [4.78, 5) is 34.0. The van der Waals surface area contributed by atoms with Crippen molar-refractivity contribution in [2.75, 3.05) is 37.7 Å².